The fourth-order valence-electron chi connectivity index (χ4n) is 2.99. The molecule has 0 saturated carbocycles. The number of allylic oxidation sites excluding steroid dienone is 1. The Kier molecular flexibility index (Phi) is 5.64. The van der Waals surface area contributed by atoms with Crippen molar-refractivity contribution >= 4 is 27.8 Å². The molecule has 0 spiro atoms. The summed E-state index contributed by atoms with van der Waals surface area (Å²) in [6.45, 7) is 6.54. The maximum Gasteiger partial charge on any atom is 0.338 e. The molecule has 0 radical (unpaired) electrons. The number of aromatic nitrogens is 4. The zero-order valence-electron chi connectivity index (χ0n) is 15.4. The van der Waals surface area contributed by atoms with Crippen molar-refractivity contribution in [3.05, 3.63) is 33.4 Å². The average molecular weight is 438 g/mol. The zero-order chi connectivity index (χ0) is 19.6. The number of hydrogen-bond acceptors (Lipinski definition) is 8. The van der Waals surface area contributed by atoms with Gasteiger partial charge in [0.2, 0.25) is 5.95 Å². The molecule has 9 nitrogen and oxygen atoms in total. The van der Waals surface area contributed by atoms with Gasteiger partial charge in [-0.15, -0.1) is 0 Å². The molecule has 2 heterocycles. The molecule has 2 aromatic rings. The number of nitrogens with one attached hydrogen (secondary N) is 1. The van der Waals surface area contributed by atoms with Crippen LogP contribution >= 0.6 is 15.9 Å². The quantitative estimate of drug-likeness (QED) is 0.688. The number of fused-ring (bicyclic) bond motifs is 1. The Hall–Kier alpha value is -2.62. The molecule has 0 saturated heterocycles. The number of rotatable bonds is 6. The Labute approximate surface area is 164 Å². The second-order valence-electron chi connectivity index (χ2n) is 5.70. The van der Waals surface area contributed by atoms with Gasteiger partial charge in [-0.25, -0.2) is 4.79 Å². The van der Waals surface area contributed by atoms with Crippen LogP contribution in [0.5, 0.6) is 11.5 Å². The maximum atomic E-state index is 12.5. The smallest absolute Gasteiger partial charge is 0.338 e. The van der Waals surface area contributed by atoms with E-state index in [0.29, 0.717) is 46.4 Å². The number of esters is 1. The number of tetrazole rings is 1. The van der Waals surface area contributed by atoms with Gasteiger partial charge in [-0.05, 0) is 64.8 Å². The van der Waals surface area contributed by atoms with Crippen LogP contribution in [0.25, 0.3) is 0 Å². The van der Waals surface area contributed by atoms with Gasteiger partial charge in [0.15, 0.2) is 11.5 Å². The molecule has 1 aliphatic rings. The molecule has 3 rings (SSSR count). The minimum absolute atomic E-state index is 0.413. The van der Waals surface area contributed by atoms with Gasteiger partial charge in [0.25, 0.3) is 0 Å². The second kappa shape index (κ2) is 7.95. The molecule has 1 aromatic carbocycles. The third-order valence-corrected chi connectivity index (χ3v) is 4.64. The van der Waals surface area contributed by atoms with Crippen molar-refractivity contribution in [2.75, 3.05) is 25.6 Å². The predicted octanol–water partition coefficient (Wildman–Crippen LogP) is 2.69. The summed E-state index contributed by atoms with van der Waals surface area (Å²) in [5, 5.41) is 14.8. The third kappa shape index (κ3) is 3.48. The van der Waals surface area contributed by atoms with Crippen molar-refractivity contribution < 1.29 is 19.0 Å². The van der Waals surface area contributed by atoms with Crippen molar-refractivity contribution in [1.82, 2.24) is 20.2 Å². The second-order valence-corrected chi connectivity index (χ2v) is 6.56. The van der Waals surface area contributed by atoms with E-state index in [9.17, 15) is 4.79 Å². The van der Waals surface area contributed by atoms with Crippen molar-refractivity contribution in [3.8, 4) is 11.5 Å². The number of carbonyl (C=O) groups excluding carboxylic acids is 1. The summed E-state index contributed by atoms with van der Waals surface area (Å²) in [6.07, 6.45) is 0. The summed E-state index contributed by atoms with van der Waals surface area (Å²) in [5.74, 6) is 1.15. The number of carbonyl (C=O) groups is 1. The Balaban J connectivity index is 2.19. The van der Waals surface area contributed by atoms with Gasteiger partial charge < -0.3 is 19.5 Å². The van der Waals surface area contributed by atoms with Crippen LogP contribution in [-0.4, -0.2) is 46.5 Å². The van der Waals surface area contributed by atoms with Crippen molar-refractivity contribution in [3.63, 3.8) is 0 Å². The van der Waals surface area contributed by atoms with E-state index in [1.165, 1.54) is 11.8 Å². The highest BCUT2D eigenvalue weighted by Crippen LogP contribution is 2.42. The van der Waals surface area contributed by atoms with E-state index in [2.05, 4.69) is 36.8 Å². The lowest BCUT2D eigenvalue weighted by Crippen LogP contribution is -2.29. The van der Waals surface area contributed by atoms with Crippen molar-refractivity contribution in [1.29, 1.82) is 0 Å². The Morgan fingerprint density at radius 1 is 1.30 bits per heavy atom. The highest BCUT2D eigenvalue weighted by Gasteiger charge is 2.35. The van der Waals surface area contributed by atoms with Gasteiger partial charge in [-0.2, -0.15) is 4.68 Å². The van der Waals surface area contributed by atoms with E-state index in [-0.39, 0.29) is 0 Å². The molecule has 144 valence electrons. The third-order valence-electron chi connectivity index (χ3n) is 4.06. The average Bonchev–Trinajstić information content (AvgIpc) is 3.10. The number of benzene rings is 1. The van der Waals surface area contributed by atoms with Gasteiger partial charge >= 0.3 is 5.97 Å². The molecular formula is C17H20BrN5O4. The summed E-state index contributed by atoms with van der Waals surface area (Å²) in [4.78, 5) is 12.5. The standard InChI is InChI=1S/C17H20BrN5O4/c1-5-26-12-8-10(7-11(18)15(12)27-6-2)14-13(16(24)25-4)9(3)19-17-20-21-22-23(14)17/h7-8,14H,5-6H2,1-4H3,(H,19,20,22). The first-order valence-electron chi connectivity index (χ1n) is 8.44. The lowest BCUT2D eigenvalue weighted by molar-refractivity contribution is -0.136. The monoisotopic (exact) mass is 437 g/mol. The lowest BCUT2D eigenvalue weighted by Gasteiger charge is -2.27. The van der Waals surface area contributed by atoms with Crippen LogP contribution in [0.2, 0.25) is 0 Å². The fraction of sp³-hybridized carbons (Fsp3) is 0.412. The number of hydrogen-bond donors (Lipinski definition) is 1. The molecule has 10 heteroatoms. The summed E-state index contributed by atoms with van der Waals surface area (Å²) < 4.78 is 18.7. The van der Waals surface area contributed by atoms with Crippen LogP contribution in [0.15, 0.2) is 27.9 Å². The largest absolute Gasteiger partial charge is 0.490 e. The van der Waals surface area contributed by atoms with E-state index in [0.717, 1.165) is 5.56 Å². The van der Waals surface area contributed by atoms with E-state index in [1.807, 2.05) is 26.0 Å². The topological polar surface area (TPSA) is 100 Å². The molecule has 0 bridgehead atoms. The van der Waals surface area contributed by atoms with E-state index < -0.39 is 12.0 Å². The lowest BCUT2D eigenvalue weighted by atomic mass is 9.95. The number of anilines is 1. The van der Waals surface area contributed by atoms with Gasteiger partial charge in [0, 0.05) is 5.70 Å². The first kappa shape index (κ1) is 19.2. The molecule has 1 unspecified atom stereocenters. The Morgan fingerprint density at radius 2 is 2.04 bits per heavy atom. The van der Waals surface area contributed by atoms with Gasteiger partial charge in [0.1, 0.15) is 6.04 Å². The first-order valence-corrected chi connectivity index (χ1v) is 9.24. The molecule has 1 N–H and O–H groups in total. The summed E-state index contributed by atoms with van der Waals surface area (Å²) >= 11 is 3.54. The molecule has 1 aliphatic heterocycles. The van der Waals surface area contributed by atoms with Crippen LogP contribution < -0.4 is 14.8 Å². The van der Waals surface area contributed by atoms with Crippen LogP contribution in [0.1, 0.15) is 32.4 Å². The molecule has 0 aliphatic carbocycles. The van der Waals surface area contributed by atoms with Crippen LogP contribution in [-0.2, 0) is 9.53 Å². The molecular weight excluding hydrogens is 418 g/mol. The molecule has 1 aromatic heterocycles. The molecule has 1 atom stereocenters. The maximum absolute atomic E-state index is 12.5. The fourth-order valence-corrected chi connectivity index (χ4v) is 3.56. The number of ether oxygens (including phenoxy) is 3. The normalized spacial score (nSPS) is 15.8. The highest BCUT2D eigenvalue weighted by molar-refractivity contribution is 9.10. The highest BCUT2D eigenvalue weighted by atomic mass is 79.9. The predicted molar refractivity (Wildman–Crippen MR) is 101 cm³/mol. The minimum atomic E-state index is -0.574. The summed E-state index contributed by atoms with van der Waals surface area (Å²) in [7, 11) is 1.34. The van der Waals surface area contributed by atoms with Crippen LogP contribution in [0, 0.1) is 0 Å². The zero-order valence-corrected chi connectivity index (χ0v) is 17.0. The first-order chi connectivity index (χ1) is 13.0. The Morgan fingerprint density at radius 3 is 2.70 bits per heavy atom. The van der Waals surface area contributed by atoms with Crippen molar-refractivity contribution in [2.24, 2.45) is 0 Å². The van der Waals surface area contributed by atoms with E-state index in [4.69, 9.17) is 14.2 Å². The van der Waals surface area contributed by atoms with Crippen LogP contribution in [0.4, 0.5) is 5.95 Å². The van der Waals surface area contributed by atoms with Crippen LogP contribution in [0.3, 0.4) is 0 Å². The number of halogens is 1. The van der Waals surface area contributed by atoms with E-state index in [1.54, 1.807) is 6.92 Å². The summed E-state index contributed by atoms with van der Waals surface area (Å²) in [5.41, 5.74) is 1.79. The molecule has 27 heavy (non-hydrogen) atoms. The van der Waals surface area contributed by atoms with Gasteiger partial charge in [0.05, 0.1) is 30.4 Å². The summed E-state index contributed by atoms with van der Waals surface area (Å²) in [6, 6.07) is 3.12. The SMILES string of the molecule is CCOc1cc(C2C(C(=O)OC)=C(C)Nc3nnnn32)cc(Br)c1OCC. The Bertz CT molecular complexity index is 895. The van der Waals surface area contributed by atoms with E-state index >= 15 is 0 Å². The number of methoxy groups -OCH3 is 1. The van der Waals surface area contributed by atoms with Crippen molar-refractivity contribution in [2.45, 2.75) is 26.8 Å². The number of nitrogens with zero attached hydrogens (tertiary/aromatic N) is 4. The molecule has 0 fully saturated rings. The molecule has 0 amide bonds. The van der Waals surface area contributed by atoms with Gasteiger partial charge in [-0.3, -0.25) is 0 Å². The minimum Gasteiger partial charge on any atom is -0.490 e. The van der Waals surface area contributed by atoms with Gasteiger partial charge in [-0.1, -0.05) is 5.10 Å².